The summed E-state index contributed by atoms with van der Waals surface area (Å²) in [5.41, 5.74) is 6.66. The molecule has 0 spiro atoms. The quantitative estimate of drug-likeness (QED) is 0.167. The van der Waals surface area contributed by atoms with Crippen LogP contribution >= 0.6 is 0 Å². The van der Waals surface area contributed by atoms with Gasteiger partial charge in [-0.2, -0.15) is 10.5 Å². The van der Waals surface area contributed by atoms with E-state index < -0.39 is 5.97 Å². The van der Waals surface area contributed by atoms with Crippen LogP contribution in [0.25, 0.3) is 0 Å². The number of benzene rings is 3. The molecule has 2 heterocycles. The Bertz CT molecular complexity index is 1740. The predicted octanol–water partition coefficient (Wildman–Crippen LogP) is 6.64. The fraction of sp³-hybridized carbons (Fsp3) is 0.400. The van der Waals surface area contributed by atoms with Crippen LogP contribution in [0.3, 0.4) is 0 Å². The Labute approximate surface area is 290 Å². The molecule has 0 radical (unpaired) electrons. The number of ether oxygens (including phenoxy) is 1. The molecule has 49 heavy (non-hydrogen) atoms. The van der Waals surface area contributed by atoms with Gasteiger partial charge in [0.05, 0.1) is 18.7 Å². The second-order valence-corrected chi connectivity index (χ2v) is 13.1. The zero-order valence-corrected chi connectivity index (χ0v) is 29.1. The van der Waals surface area contributed by atoms with E-state index in [-0.39, 0.29) is 23.9 Å². The maximum atomic E-state index is 14.4. The molecule has 254 valence electrons. The zero-order chi connectivity index (χ0) is 34.9. The van der Waals surface area contributed by atoms with E-state index in [9.17, 15) is 20.1 Å². The van der Waals surface area contributed by atoms with E-state index in [0.29, 0.717) is 37.6 Å². The SMILES string of the molecule is COC(=O)c1cccc(C(C)N(C(=O)CCN2CCN(Cc3cc(C)cc(C)c3)C2=C(C#N)C#N)c2cccc(CN3CCCCC3)c2)c1. The molecule has 0 aromatic heterocycles. The predicted molar refractivity (Wildman–Crippen MR) is 190 cm³/mol. The lowest BCUT2D eigenvalue weighted by Gasteiger charge is -2.32. The van der Waals surface area contributed by atoms with Crippen molar-refractivity contribution in [2.75, 3.05) is 44.7 Å². The van der Waals surface area contributed by atoms with Crippen molar-refractivity contribution in [2.45, 2.75) is 65.6 Å². The van der Waals surface area contributed by atoms with Gasteiger partial charge in [-0.05, 0) is 87.7 Å². The Morgan fingerprint density at radius 1 is 0.837 bits per heavy atom. The molecule has 3 aromatic rings. The Morgan fingerprint density at radius 3 is 2.22 bits per heavy atom. The third kappa shape index (κ3) is 8.68. The number of hydrogen-bond acceptors (Lipinski definition) is 8. The molecule has 0 bridgehead atoms. The van der Waals surface area contributed by atoms with Gasteiger partial charge in [-0.1, -0.05) is 60.0 Å². The molecule has 1 unspecified atom stereocenters. The Morgan fingerprint density at radius 2 is 1.53 bits per heavy atom. The molecule has 1 amide bonds. The van der Waals surface area contributed by atoms with Crippen LogP contribution in [0.2, 0.25) is 0 Å². The summed E-state index contributed by atoms with van der Waals surface area (Å²) in [4.78, 5) is 35.1. The monoisotopic (exact) mass is 658 g/mol. The minimum Gasteiger partial charge on any atom is -0.465 e. The van der Waals surface area contributed by atoms with Gasteiger partial charge in [-0.15, -0.1) is 0 Å². The van der Waals surface area contributed by atoms with Gasteiger partial charge in [-0.25, -0.2) is 4.79 Å². The molecule has 2 fully saturated rings. The number of rotatable bonds is 11. The van der Waals surface area contributed by atoms with E-state index in [1.165, 1.54) is 26.4 Å². The lowest BCUT2D eigenvalue weighted by atomic mass is 10.0. The van der Waals surface area contributed by atoms with E-state index in [1.54, 1.807) is 12.1 Å². The molecule has 3 aromatic carbocycles. The van der Waals surface area contributed by atoms with Crippen LogP contribution < -0.4 is 4.90 Å². The summed E-state index contributed by atoms with van der Waals surface area (Å²) in [6.45, 7) is 11.2. The highest BCUT2D eigenvalue weighted by atomic mass is 16.5. The topological polar surface area (TPSA) is 104 Å². The summed E-state index contributed by atoms with van der Waals surface area (Å²) in [7, 11) is 1.36. The lowest BCUT2D eigenvalue weighted by Crippen LogP contribution is -2.36. The van der Waals surface area contributed by atoms with Gasteiger partial charge >= 0.3 is 5.97 Å². The summed E-state index contributed by atoms with van der Waals surface area (Å²) < 4.78 is 4.97. The van der Waals surface area contributed by atoms with E-state index in [2.05, 4.69) is 66.1 Å². The number of esters is 1. The van der Waals surface area contributed by atoms with Crippen molar-refractivity contribution in [3.8, 4) is 12.1 Å². The summed E-state index contributed by atoms with van der Waals surface area (Å²) in [6.07, 6.45) is 3.84. The van der Waals surface area contributed by atoms with Gasteiger partial charge in [-0.3, -0.25) is 9.69 Å². The number of piperidine rings is 1. The first-order valence-electron chi connectivity index (χ1n) is 17.1. The molecule has 0 saturated carbocycles. The molecule has 9 nitrogen and oxygen atoms in total. The normalized spacial score (nSPS) is 15.3. The van der Waals surface area contributed by atoms with Crippen molar-refractivity contribution < 1.29 is 14.3 Å². The minimum absolute atomic E-state index is 0.0459. The van der Waals surface area contributed by atoms with Gasteiger partial charge in [0.2, 0.25) is 5.91 Å². The highest BCUT2D eigenvalue weighted by Gasteiger charge is 2.31. The van der Waals surface area contributed by atoms with Gasteiger partial charge in [0, 0.05) is 44.8 Å². The van der Waals surface area contributed by atoms with Crippen LogP contribution in [-0.4, -0.2) is 66.4 Å². The van der Waals surface area contributed by atoms with Crippen molar-refractivity contribution in [1.29, 1.82) is 10.5 Å². The summed E-state index contributed by atoms with van der Waals surface area (Å²) in [6, 6.07) is 25.6. The summed E-state index contributed by atoms with van der Waals surface area (Å²) in [5.74, 6) is 0.0551. The third-order valence-corrected chi connectivity index (χ3v) is 9.43. The van der Waals surface area contributed by atoms with Gasteiger partial charge < -0.3 is 19.4 Å². The fourth-order valence-electron chi connectivity index (χ4n) is 7.15. The van der Waals surface area contributed by atoms with Crippen molar-refractivity contribution in [3.63, 3.8) is 0 Å². The molecule has 2 aliphatic rings. The number of carbonyl (C=O) groups is 2. The number of nitriles is 2. The van der Waals surface area contributed by atoms with Crippen LogP contribution in [0, 0.1) is 36.5 Å². The molecule has 0 N–H and O–H groups in total. The molecule has 2 aliphatic heterocycles. The highest BCUT2D eigenvalue weighted by molar-refractivity contribution is 5.94. The molecule has 2 saturated heterocycles. The van der Waals surface area contributed by atoms with Crippen molar-refractivity contribution in [1.82, 2.24) is 14.7 Å². The van der Waals surface area contributed by atoms with Gasteiger partial charge in [0.15, 0.2) is 5.57 Å². The Balaban J connectivity index is 1.41. The summed E-state index contributed by atoms with van der Waals surface area (Å²) >= 11 is 0. The van der Waals surface area contributed by atoms with Gasteiger partial charge in [0.1, 0.15) is 18.0 Å². The number of amides is 1. The van der Waals surface area contributed by atoms with Crippen LogP contribution in [0.15, 0.2) is 78.1 Å². The molecule has 0 aliphatic carbocycles. The molecular weight excluding hydrogens is 612 g/mol. The van der Waals surface area contributed by atoms with Crippen LogP contribution in [-0.2, 0) is 22.6 Å². The number of hydrogen-bond donors (Lipinski definition) is 0. The summed E-state index contributed by atoms with van der Waals surface area (Å²) in [5, 5.41) is 19.8. The van der Waals surface area contributed by atoms with Crippen LogP contribution in [0.5, 0.6) is 0 Å². The second kappa shape index (κ2) is 16.3. The standard InChI is InChI=1S/C40H46N6O3/c1-29-20-30(2)22-33(21-29)28-45-19-18-44(39(45)36(25-41)26-42)17-14-38(47)46(31(3)34-11-9-12-35(24-34)40(48)49-4)37-13-8-10-32(23-37)27-43-15-6-5-7-16-43/h8-13,20-24,31H,5-7,14-19,27-28H2,1-4H3. The highest BCUT2D eigenvalue weighted by Crippen LogP contribution is 2.31. The van der Waals surface area contributed by atoms with Crippen molar-refractivity contribution in [3.05, 3.63) is 112 Å². The lowest BCUT2D eigenvalue weighted by molar-refractivity contribution is -0.119. The van der Waals surface area contributed by atoms with E-state index >= 15 is 0 Å². The molecule has 5 rings (SSSR count). The van der Waals surface area contributed by atoms with E-state index in [4.69, 9.17) is 4.74 Å². The number of methoxy groups -OCH3 is 1. The molecule has 9 heteroatoms. The first-order chi connectivity index (χ1) is 23.7. The second-order valence-electron chi connectivity index (χ2n) is 13.1. The fourth-order valence-corrected chi connectivity index (χ4v) is 7.15. The molecule has 1 atom stereocenters. The number of aryl methyl sites for hydroxylation is 2. The van der Waals surface area contributed by atoms with Crippen LogP contribution in [0.1, 0.15) is 76.8 Å². The van der Waals surface area contributed by atoms with Crippen LogP contribution in [0.4, 0.5) is 5.69 Å². The Kier molecular flexibility index (Phi) is 11.7. The van der Waals surface area contributed by atoms with E-state index in [0.717, 1.165) is 53.1 Å². The third-order valence-electron chi connectivity index (χ3n) is 9.43. The maximum Gasteiger partial charge on any atom is 0.337 e. The average Bonchev–Trinajstić information content (AvgIpc) is 3.49. The zero-order valence-electron chi connectivity index (χ0n) is 29.1. The number of anilines is 1. The Hall–Kier alpha value is -5.12. The number of allylic oxidation sites excluding steroid dienone is 1. The molecular formula is C40H46N6O3. The first kappa shape index (κ1) is 35.2. The minimum atomic E-state index is -0.431. The average molecular weight is 659 g/mol. The van der Waals surface area contributed by atoms with Crippen molar-refractivity contribution >= 4 is 17.6 Å². The van der Waals surface area contributed by atoms with Crippen molar-refractivity contribution in [2.24, 2.45) is 0 Å². The number of carbonyl (C=O) groups excluding carboxylic acids is 2. The smallest absolute Gasteiger partial charge is 0.337 e. The largest absolute Gasteiger partial charge is 0.465 e. The first-order valence-corrected chi connectivity index (χ1v) is 17.1. The number of likely N-dealkylation sites (tertiary alicyclic amines) is 1. The van der Waals surface area contributed by atoms with E-state index in [1.807, 2.05) is 41.0 Å². The maximum absolute atomic E-state index is 14.4. The van der Waals surface area contributed by atoms with Gasteiger partial charge in [0.25, 0.3) is 0 Å². The number of nitrogens with zero attached hydrogens (tertiary/aromatic N) is 6.